The summed E-state index contributed by atoms with van der Waals surface area (Å²) in [4.78, 5) is 0. The van der Waals surface area contributed by atoms with Crippen molar-refractivity contribution < 1.29 is 0 Å². The second-order valence-electron chi connectivity index (χ2n) is 29.9. The van der Waals surface area contributed by atoms with E-state index in [0.29, 0.717) is 0 Å². The molecule has 0 unspecified atom stereocenters. The van der Waals surface area contributed by atoms with Crippen LogP contribution in [0.25, 0.3) is 209 Å². The lowest BCUT2D eigenvalue weighted by Gasteiger charge is -2.13. The molecule has 0 amide bonds. The number of nitrogens with zero attached hydrogens (tertiary/aromatic N) is 6. The Labute approximate surface area is 657 Å². The predicted octanol–water partition coefficient (Wildman–Crippen LogP) is 28.6. The Balaban J connectivity index is 0.000000135. The molecule has 24 aromatic rings. The van der Waals surface area contributed by atoms with Gasteiger partial charge in [0, 0.05) is 98.8 Å². The average molecular weight is 1450 g/mol. The SMILES string of the molecule is c1ccc(-c2ccc(-n3c4ccc(-c5ccc6c(c5)c5ccccc5n6-c5ccccc5)cc4c4ccc5c(c6ccccc6n5-c5ccccc5)c43)cc2)cc1.c1ccc(-c2ccc(-n3c4ccc(-c5ccc6c(c5)c5ccccc5n6-c5ccccc5)cc4c4ccc5c6ccccc6n(-c6ccccc6)c5c43)cc2)cc1. The highest BCUT2D eigenvalue weighted by Gasteiger charge is 2.26. The summed E-state index contributed by atoms with van der Waals surface area (Å²) in [6.45, 7) is 0. The maximum atomic E-state index is 2.49. The topological polar surface area (TPSA) is 29.6 Å². The van der Waals surface area contributed by atoms with Gasteiger partial charge in [-0.15, -0.1) is 0 Å². The number of fused-ring (bicyclic) bond motifs is 20. The summed E-state index contributed by atoms with van der Waals surface area (Å²) in [7, 11) is 0. The molecule has 0 radical (unpaired) electrons. The molecule has 0 aliphatic carbocycles. The van der Waals surface area contributed by atoms with E-state index in [-0.39, 0.29) is 0 Å². The zero-order valence-corrected chi connectivity index (χ0v) is 62.1. The first kappa shape index (κ1) is 64.7. The summed E-state index contributed by atoms with van der Waals surface area (Å²) in [5.41, 5.74) is 31.0. The lowest BCUT2D eigenvalue weighted by Crippen LogP contribution is -1.98. The van der Waals surface area contributed by atoms with Crippen LogP contribution in [0.1, 0.15) is 0 Å². The monoisotopic (exact) mass is 1450 g/mol. The molecule has 0 bridgehead atoms. The van der Waals surface area contributed by atoms with E-state index in [1.807, 2.05) is 0 Å². The Morgan fingerprint density at radius 2 is 0.333 bits per heavy atom. The van der Waals surface area contributed by atoms with E-state index in [9.17, 15) is 0 Å². The minimum atomic E-state index is 1.13. The summed E-state index contributed by atoms with van der Waals surface area (Å²) in [6, 6.07) is 155. The molecule has 6 heteroatoms. The fraction of sp³-hybridized carbons (Fsp3) is 0. The van der Waals surface area contributed by atoms with Crippen molar-refractivity contribution in [1.82, 2.24) is 27.4 Å². The van der Waals surface area contributed by atoms with Crippen molar-refractivity contribution in [3.8, 4) is 78.6 Å². The van der Waals surface area contributed by atoms with Crippen LogP contribution < -0.4 is 0 Å². The summed E-state index contributed by atoms with van der Waals surface area (Å²) in [5.74, 6) is 0. The first-order chi connectivity index (χ1) is 56.6. The fourth-order valence-corrected chi connectivity index (χ4v) is 18.6. The molecule has 532 valence electrons. The summed E-state index contributed by atoms with van der Waals surface area (Å²) >= 11 is 0. The second-order valence-corrected chi connectivity index (χ2v) is 29.9. The molecule has 18 aromatic carbocycles. The van der Waals surface area contributed by atoms with Gasteiger partial charge in [0.15, 0.2) is 0 Å². The number of para-hydroxylation sites is 8. The molecule has 0 N–H and O–H groups in total. The van der Waals surface area contributed by atoms with Gasteiger partial charge in [-0.3, -0.25) is 0 Å². The van der Waals surface area contributed by atoms with Crippen molar-refractivity contribution in [3.63, 3.8) is 0 Å². The molecule has 6 aromatic heterocycles. The van der Waals surface area contributed by atoms with Crippen LogP contribution in [0.4, 0.5) is 0 Å². The van der Waals surface area contributed by atoms with Gasteiger partial charge in [0.1, 0.15) is 0 Å². The van der Waals surface area contributed by atoms with Crippen LogP contribution >= 0.6 is 0 Å². The van der Waals surface area contributed by atoms with Crippen LogP contribution in [-0.4, -0.2) is 27.4 Å². The van der Waals surface area contributed by atoms with E-state index in [1.165, 1.54) is 187 Å². The summed E-state index contributed by atoms with van der Waals surface area (Å²) in [5, 5.41) is 14.9. The smallest absolute Gasteiger partial charge is 0.0788 e. The number of hydrogen-bond donors (Lipinski definition) is 0. The fourth-order valence-electron chi connectivity index (χ4n) is 18.6. The molecule has 0 aliphatic rings. The van der Waals surface area contributed by atoms with Crippen LogP contribution in [0.5, 0.6) is 0 Å². The van der Waals surface area contributed by atoms with Gasteiger partial charge < -0.3 is 27.4 Å². The van der Waals surface area contributed by atoms with Crippen molar-refractivity contribution in [2.24, 2.45) is 0 Å². The van der Waals surface area contributed by atoms with E-state index >= 15 is 0 Å². The number of rotatable bonds is 10. The Bertz CT molecular complexity index is 7890. The Hall–Kier alpha value is -15.2. The molecule has 114 heavy (non-hydrogen) atoms. The first-order valence-corrected chi connectivity index (χ1v) is 39.2. The van der Waals surface area contributed by atoms with Gasteiger partial charge in [0.05, 0.1) is 66.2 Å². The van der Waals surface area contributed by atoms with Gasteiger partial charge in [-0.2, -0.15) is 0 Å². The molecule has 24 rings (SSSR count). The number of benzene rings is 18. The zero-order valence-electron chi connectivity index (χ0n) is 62.1. The van der Waals surface area contributed by atoms with E-state index in [4.69, 9.17) is 0 Å². The second kappa shape index (κ2) is 26.2. The van der Waals surface area contributed by atoms with E-state index in [1.54, 1.807) is 0 Å². The lowest BCUT2D eigenvalue weighted by molar-refractivity contribution is 1.15. The Morgan fingerprint density at radius 3 is 0.728 bits per heavy atom. The van der Waals surface area contributed by atoms with Crippen molar-refractivity contribution in [1.29, 1.82) is 0 Å². The first-order valence-electron chi connectivity index (χ1n) is 39.2. The van der Waals surface area contributed by atoms with Gasteiger partial charge in [-0.05, 0) is 196 Å². The van der Waals surface area contributed by atoms with Gasteiger partial charge in [-0.25, -0.2) is 0 Å². The van der Waals surface area contributed by atoms with Crippen LogP contribution in [0.3, 0.4) is 0 Å². The van der Waals surface area contributed by atoms with Gasteiger partial charge >= 0.3 is 0 Å². The van der Waals surface area contributed by atoms with Crippen LogP contribution in [0.15, 0.2) is 425 Å². The van der Waals surface area contributed by atoms with E-state index < -0.39 is 0 Å². The van der Waals surface area contributed by atoms with Crippen LogP contribution in [0.2, 0.25) is 0 Å². The molecular formula is C108H70N6. The third-order valence-electron chi connectivity index (χ3n) is 23.7. The average Bonchev–Trinajstić information content (AvgIpc) is 1.54. The van der Waals surface area contributed by atoms with Crippen molar-refractivity contribution >= 4 is 131 Å². The van der Waals surface area contributed by atoms with Gasteiger partial charge in [-0.1, -0.05) is 273 Å². The molecule has 0 saturated carbocycles. The lowest BCUT2D eigenvalue weighted by atomic mass is 10.00. The summed E-state index contributed by atoms with van der Waals surface area (Å²) in [6.07, 6.45) is 0. The summed E-state index contributed by atoms with van der Waals surface area (Å²) < 4.78 is 14.6. The van der Waals surface area contributed by atoms with Crippen molar-refractivity contribution in [2.45, 2.75) is 0 Å². The maximum absolute atomic E-state index is 2.49. The Kier molecular flexibility index (Phi) is 14.9. The largest absolute Gasteiger partial charge is 0.309 e. The van der Waals surface area contributed by atoms with E-state index in [0.717, 1.165) is 22.7 Å². The number of hydrogen-bond acceptors (Lipinski definition) is 0. The Morgan fingerprint density at radius 1 is 0.114 bits per heavy atom. The zero-order chi connectivity index (χ0) is 74.9. The molecule has 0 aliphatic heterocycles. The van der Waals surface area contributed by atoms with Crippen molar-refractivity contribution in [3.05, 3.63) is 425 Å². The van der Waals surface area contributed by atoms with Crippen LogP contribution in [-0.2, 0) is 0 Å². The predicted molar refractivity (Wildman–Crippen MR) is 481 cm³/mol. The molecule has 0 saturated heterocycles. The molecule has 0 fully saturated rings. The van der Waals surface area contributed by atoms with Gasteiger partial charge in [0.25, 0.3) is 0 Å². The van der Waals surface area contributed by atoms with E-state index in [2.05, 4.69) is 452 Å². The molecule has 6 heterocycles. The third-order valence-corrected chi connectivity index (χ3v) is 23.7. The molecule has 0 spiro atoms. The molecule has 6 nitrogen and oxygen atoms in total. The highest BCUT2D eigenvalue weighted by Crippen LogP contribution is 2.47. The molecule has 0 atom stereocenters. The molecular weight excluding hydrogens is 1380 g/mol. The quantitative estimate of drug-likeness (QED) is 0.131. The van der Waals surface area contributed by atoms with Gasteiger partial charge in [0.2, 0.25) is 0 Å². The maximum Gasteiger partial charge on any atom is 0.0788 e. The normalized spacial score (nSPS) is 11.9. The minimum absolute atomic E-state index is 1.13. The minimum Gasteiger partial charge on any atom is -0.309 e. The highest BCUT2D eigenvalue weighted by molar-refractivity contribution is 6.28. The number of aromatic nitrogens is 6. The highest BCUT2D eigenvalue weighted by atomic mass is 15.1. The van der Waals surface area contributed by atoms with Crippen molar-refractivity contribution in [2.75, 3.05) is 0 Å². The van der Waals surface area contributed by atoms with Crippen LogP contribution in [0, 0.1) is 0 Å². The third kappa shape index (κ3) is 10.2. The standard InChI is InChI=1S/2C54H35N3/c1-4-14-36(15-5-1)37-24-28-42(29-25-37)57-52-33-27-39(38-26-32-51-47(34-38)44-21-11-12-22-49(44)55(51)40-16-6-2-7-17-40)35-48(52)46-31-30-45-43-20-10-13-23-50(43)56(53(45)54(46)57)41-18-8-3-9-19-41;1-4-14-36(15-5-1)37-24-28-42(29-25-37)57-51-32-27-39(38-26-31-50-46(34-38)43-20-10-12-22-48(43)55(50)40-16-6-2-7-17-40)35-47(51)44-30-33-52-53(54(44)57)45-21-11-13-23-49(45)56(52)41-18-8-3-9-19-41/h2*1-35H.